The molecule has 0 saturated carbocycles. The lowest BCUT2D eigenvalue weighted by atomic mass is 10.3. The Labute approximate surface area is 84.1 Å². The number of carbonyl (C=O) groups is 1. The molecule has 4 nitrogen and oxygen atoms in total. The van der Waals surface area contributed by atoms with Crippen molar-refractivity contribution in [1.82, 2.24) is 10.3 Å². The smallest absolute Gasteiger partial charge is 0.252 e. The maximum absolute atomic E-state index is 11.3. The molecule has 0 saturated heterocycles. The Morgan fingerprint density at radius 1 is 1.62 bits per heavy atom. The first kappa shape index (κ1) is 10.1. The lowest BCUT2D eigenvalue weighted by Crippen LogP contribution is -2.26. The minimum Gasteiger partial charge on any atom is -0.395 e. The fraction of sp³-hybridized carbons (Fsp3) is 0.250. The molecule has 1 aromatic rings. The molecule has 0 bridgehead atoms. The maximum Gasteiger partial charge on any atom is 0.252 e. The van der Waals surface area contributed by atoms with E-state index < -0.39 is 0 Å². The average Bonchev–Trinajstić information content (AvgIpc) is 2.14. The molecule has 13 heavy (non-hydrogen) atoms. The van der Waals surface area contributed by atoms with Crippen LogP contribution in [0.25, 0.3) is 0 Å². The van der Waals surface area contributed by atoms with Crippen molar-refractivity contribution in [2.24, 2.45) is 0 Å². The molecule has 5 heteroatoms. The quantitative estimate of drug-likeness (QED) is 0.818. The van der Waals surface area contributed by atoms with Gasteiger partial charge in [0.15, 0.2) is 0 Å². The van der Waals surface area contributed by atoms with Crippen molar-refractivity contribution in [3.05, 3.63) is 28.5 Å². The molecule has 0 aliphatic carbocycles. The van der Waals surface area contributed by atoms with E-state index in [0.29, 0.717) is 5.56 Å². The highest BCUT2D eigenvalue weighted by molar-refractivity contribution is 9.10. The molecular weight excluding hydrogens is 236 g/mol. The number of pyridine rings is 1. The third kappa shape index (κ3) is 3.12. The summed E-state index contributed by atoms with van der Waals surface area (Å²) in [6, 6.07) is 1.67. The lowest BCUT2D eigenvalue weighted by molar-refractivity contribution is 0.0944. The van der Waals surface area contributed by atoms with E-state index in [1.165, 1.54) is 6.20 Å². The minimum absolute atomic E-state index is 0.0623. The fourth-order valence-electron chi connectivity index (χ4n) is 0.808. The van der Waals surface area contributed by atoms with Crippen molar-refractivity contribution in [1.29, 1.82) is 0 Å². The van der Waals surface area contributed by atoms with Crippen LogP contribution in [0.4, 0.5) is 0 Å². The van der Waals surface area contributed by atoms with Crippen molar-refractivity contribution < 1.29 is 9.90 Å². The molecule has 0 radical (unpaired) electrons. The van der Waals surface area contributed by atoms with Crippen LogP contribution in [0.1, 0.15) is 10.4 Å². The standard InChI is InChI=1S/C8H9BrN2O2/c9-7-3-6(4-10-5-7)8(13)11-1-2-12/h3-5,12H,1-2H2,(H,11,13). The van der Waals surface area contributed by atoms with Crippen molar-refractivity contribution >= 4 is 21.8 Å². The summed E-state index contributed by atoms with van der Waals surface area (Å²) in [5, 5.41) is 11.0. The van der Waals surface area contributed by atoms with Gasteiger partial charge in [-0.15, -0.1) is 0 Å². The summed E-state index contributed by atoms with van der Waals surface area (Å²) in [7, 11) is 0. The number of hydrogen-bond acceptors (Lipinski definition) is 3. The normalized spacial score (nSPS) is 9.69. The van der Waals surface area contributed by atoms with E-state index in [1.807, 2.05) is 0 Å². The van der Waals surface area contributed by atoms with Gasteiger partial charge in [-0.2, -0.15) is 0 Å². The first-order chi connectivity index (χ1) is 6.24. The summed E-state index contributed by atoms with van der Waals surface area (Å²) < 4.78 is 0.754. The molecule has 70 valence electrons. The van der Waals surface area contributed by atoms with Crippen molar-refractivity contribution in [3.63, 3.8) is 0 Å². The van der Waals surface area contributed by atoms with Gasteiger partial charge < -0.3 is 10.4 Å². The summed E-state index contributed by atoms with van der Waals surface area (Å²) in [6.45, 7) is 0.193. The van der Waals surface area contributed by atoms with Crippen LogP contribution < -0.4 is 5.32 Å². The largest absolute Gasteiger partial charge is 0.395 e. The third-order valence-electron chi connectivity index (χ3n) is 1.36. The van der Waals surface area contributed by atoms with Crippen molar-refractivity contribution in [2.75, 3.05) is 13.2 Å². The Balaban J connectivity index is 2.66. The second-order valence-corrected chi connectivity index (χ2v) is 3.29. The van der Waals surface area contributed by atoms with Gasteiger partial charge in [-0.3, -0.25) is 9.78 Å². The zero-order chi connectivity index (χ0) is 9.68. The summed E-state index contributed by atoms with van der Waals surface area (Å²) in [6.07, 6.45) is 3.07. The molecule has 0 aliphatic rings. The molecule has 0 aromatic carbocycles. The topological polar surface area (TPSA) is 62.2 Å². The van der Waals surface area contributed by atoms with Crippen molar-refractivity contribution in [2.45, 2.75) is 0 Å². The number of rotatable bonds is 3. The van der Waals surface area contributed by atoms with E-state index >= 15 is 0 Å². The summed E-state index contributed by atoms with van der Waals surface area (Å²) >= 11 is 3.21. The molecule has 1 amide bonds. The van der Waals surface area contributed by atoms with Crippen LogP contribution in [0.5, 0.6) is 0 Å². The first-order valence-electron chi connectivity index (χ1n) is 3.73. The van der Waals surface area contributed by atoms with Gasteiger partial charge in [-0.1, -0.05) is 0 Å². The first-order valence-corrected chi connectivity index (χ1v) is 4.53. The molecule has 0 aliphatic heterocycles. The molecule has 1 rings (SSSR count). The van der Waals surface area contributed by atoms with Crippen LogP contribution in [-0.2, 0) is 0 Å². The predicted molar refractivity (Wildman–Crippen MR) is 51.4 cm³/mol. The van der Waals surface area contributed by atoms with Crippen LogP contribution in [0.3, 0.4) is 0 Å². The number of aromatic nitrogens is 1. The van der Waals surface area contributed by atoms with Gasteiger partial charge >= 0.3 is 0 Å². The van der Waals surface area contributed by atoms with Gasteiger partial charge in [0.25, 0.3) is 5.91 Å². The molecule has 0 fully saturated rings. The van der Waals surface area contributed by atoms with E-state index in [1.54, 1.807) is 12.3 Å². The average molecular weight is 245 g/mol. The van der Waals surface area contributed by atoms with Gasteiger partial charge in [-0.25, -0.2) is 0 Å². The Hall–Kier alpha value is -0.940. The number of amides is 1. The van der Waals surface area contributed by atoms with E-state index in [0.717, 1.165) is 4.47 Å². The molecule has 0 unspecified atom stereocenters. The molecule has 0 atom stereocenters. The zero-order valence-corrected chi connectivity index (χ0v) is 8.41. The molecule has 2 N–H and O–H groups in total. The van der Waals surface area contributed by atoms with E-state index in [4.69, 9.17) is 5.11 Å². The number of aliphatic hydroxyl groups excluding tert-OH is 1. The van der Waals surface area contributed by atoms with Crippen LogP contribution in [0, 0.1) is 0 Å². The number of nitrogens with one attached hydrogen (secondary N) is 1. The van der Waals surface area contributed by atoms with Crippen LogP contribution >= 0.6 is 15.9 Å². The Morgan fingerprint density at radius 2 is 2.38 bits per heavy atom. The van der Waals surface area contributed by atoms with Gasteiger partial charge in [0.1, 0.15) is 0 Å². The molecular formula is C8H9BrN2O2. The molecule has 0 spiro atoms. The Kier molecular flexibility index (Phi) is 3.85. The number of halogens is 1. The minimum atomic E-state index is -0.233. The third-order valence-corrected chi connectivity index (χ3v) is 1.80. The second-order valence-electron chi connectivity index (χ2n) is 2.37. The Morgan fingerprint density at radius 3 is 3.00 bits per heavy atom. The van der Waals surface area contributed by atoms with E-state index in [-0.39, 0.29) is 19.1 Å². The number of aliphatic hydroxyl groups is 1. The molecule has 1 heterocycles. The SMILES string of the molecule is O=C(NCCO)c1cncc(Br)c1. The van der Waals surface area contributed by atoms with Crippen LogP contribution in [0.2, 0.25) is 0 Å². The summed E-state index contributed by atoms with van der Waals surface area (Å²) in [5.41, 5.74) is 0.475. The maximum atomic E-state index is 11.3. The highest BCUT2D eigenvalue weighted by atomic mass is 79.9. The number of nitrogens with zero attached hydrogens (tertiary/aromatic N) is 1. The van der Waals surface area contributed by atoms with E-state index in [2.05, 4.69) is 26.2 Å². The van der Waals surface area contributed by atoms with Gasteiger partial charge in [-0.05, 0) is 22.0 Å². The highest BCUT2D eigenvalue weighted by Crippen LogP contribution is 2.08. The number of hydrogen-bond donors (Lipinski definition) is 2. The number of carbonyl (C=O) groups excluding carboxylic acids is 1. The van der Waals surface area contributed by atoms with Crippen LogP contribution in [0.15, 0.2) is 22.9 Å². The van der Waals surface area contributed by atoms with Gasteiger partial charge in [0.2, 0.25) is 0 Å². The van der Waals surface area contributed by atoms with Crippen molar-refractivity contribution in [3.8, 4) is 0 Å². The lowest BCUT2D eigenvalue weighted by Gasteiger charge is -2.02. The highest BCUT2D eigenvalue weighted by Gasteiger charge is 2.04. The summed E-state index contributed by atoms with van der Waals surface area (Å²) in [4.78, 5) is 15.1. The van der Waals surface area contributed by atoms with Gasteiger partial charge in [0, 0.05) is 23.4 Å². The van der Waals surface area contributed by atoms with E-state index in [9.17, 15) is 4.79 Å². The van der Waals surface area contributed by atoms with Crippen LogP contribution in [-0.4, -0.2) is 29.1 Å². The van der Waals surface area contributed by atoms with Gasteiger partial charge in [0.05, 0.1) is 12.2 Å². The fourth-order valence-corrected chi connectivity index (χ4v) is 1.17. The Bertz CT molecular complexity index is 304. The predicted octanol–water partition coefficient (Wildman–Crippen LogP) is 0.566. The zero-order valence-electron chi connectivity index (χ0n) is 6.83. The monoisotopic (exact) mass is 244 g/mol. The molecule has 1 aromatic heterocycles. The summed E-state index contributed by atoms with van der Waals surface area (Å²) in [5.74, 6) is -0.233. The second kappa shape index (κ2) is 4.94.